The predicted octanol–water partition coefficient (Wildman–Crippen LogP) is -0.924. The molecule has 21 heteroatoms. The van der Waals surface area contributed by atoms with Gasteiger partial charge >= 0.3 is 0 Å². The molecule has 422 valence electrons. The van der Waals surface area contributed by atoms with Gasteiger partial charge in [0.1, 0.15) is 85.5 Å². The Morgan fingerprint density at radius 2 is 1.19 bits per heavy atom. The molecule has 4 aliphatic carbocycles. The van der Waals surface area contributed by atoms with E-state index < -0.39 is 147 Å². The van der Waals surface area contributed by atoms with Gasteiger partial charge in [-0.05, 0) is 124 Å². The highest BCUT2D eigenvalue weighted by Crippen LogP contribution is 2.76. The van der Waals surface area contributed by atoms with Gasteiger partial charge in [0.2, 0.25) is 0 Å². The molecule has 0 aromatic carbocycles. The molecule has 0 aromatic heterocycles. The molecule has 21 nitrogen and oxygen atoms in total. The number of aliphatic hydroxyl groups excluding tert-OH is 13. The molecular weight excluding hydrogens is 961 g/mol. The highest BCUT2D eigenvalue weighted by molar-refractivity contribution is 5.20. The molecule has 0 radical (unpaired) electrons. The molecule has 8 rings (SSSR count). The summed E-state index contributed by atoms with van der Waals surface area (Å²) in [5, 5.41) is 141. The Hall–Kier alpha value is -1.10. The fourth-order valence-corrected chi connectivity index (χ4v) is 15.7. The fraction of sp³-hybridized carbons (Fsp3) is 0.962. The molecule has 4 aliphatic heterocycles. The average molecular weight is 1050 g/mol. The summed E-state index contributed by atoms with van der Waals surface area (Å²) in [6.07, 6.45) is -19.9. The summed E-state index contributed by atoms with van der Waals surface area (Å²) < 4.78 is 48.7. The van der Waals surface area contributed by atoms with Crippen molar-refractivity contribution in [3.8, 4) is 0 Å². The van der Waals surface area contributed by atoms with Crippen LogP contribution < -0.4 is 0 Å². The Morgan fingerprint density at radius 1 is 0.603 bits per heavy atom. The first-order valence-electron chi connectivity index (χ1n) is 26.7. The topological polar surface area (TPSA) is 337 Å². The predicted molar refractivity (Wildman–Crippen MR) is 254 cm³/mol. The third-order valence-electron chi connectivity index (χ3n) is 20.1. The van der Waals surface area contributed by atoms with Crippen LogP contribution in [0.3, 0.4) is 0 Å². The molecule has 8 fully saturated rings. The summed E-state index contributed by atoms with van der Waals surface area (Å²) in [5.41, 5.74) is -1.36. The van der Waals surface area contributed by atoms with E-state index in [9.17, 15) is 66.4 Å². The van der Waals surface area contributed by atoms with E-state index in [0.29, 0.717) is 32.1 Å². The highest BCUT2D eigenvalue weighted by Gasteiger charge is 2.72. The molecule has 4 saturated heterocycles. The SMILES string of the molecule is CC(C)=CCC[C@](C)(O[C@@H]1O[C@H](CO)[C@@H](O)[C@H](O)[C@H]1O[C@H]1OC[C@@H](O)[C@H](O)[C@H]1O)[C@H]1CC[C@]2(C)[C@@H]1[C@H](O)C[C@@H]1[C@]3(C)CC[C@@H](O[C@@H]4O[C@H](CO[C@H]5OC[C@@H](O)[C@H](O)[C@H]5O)[C@@H](O)[C@H](O)[C@H]4O)C(C)(C)[C@H]3CC[C@]12C. The summed E-state index contributed by atoms with van der Waals surface area (Å²) >= 11 is 0. The normalized spacial score (nSPS) is 52.8. The Balaban J connectivity index is 1.01. The molecule has 4 saturated carbocycles. The van der Waals surface area contributed by atoms with Crippen molar-refractivity contribution in [3.63, 3.8) is 0 Å². The van der Waals surface area contributed by atoms with Gasteiger partial charge in [-0.1, -0.05) is 46.3 Å². The largest absolute Gasteiger partial charge is 0.394 e. The van der Waals surface area contributed by atoms with Gasteiger partial charge in [-0.15, -0.1) is 0 Å². The van der Waals surface area contributed by atoms with Crippen molar-refractivity contribution in [2.75, 3.05) is 26.4 Å². The third kappa shape index (κ3) is 10.3. The second-order valence-corrected chi connectivity index (χ2v) is 24.8. The maximum absolute atomic E-state index is 12.8. The third-order valence-corrected chi connectivity index (χ3v) is 20.1. The Kier molecular flexibility index (Phi) is 17.4. The number of fused-ring (bicyclic) bond motifs is 5. The van der Waals surface area contributed by atoms with Crippen LogP contribution in [0.15, 0.2) is 11.6 Å². The molecule has 73 heavy (non-hydrogen) atoms. The van der Waals surface area contributed by atoms with Crippen LogP contribution in [-0.4, -0.2) is 221 Å². The van der Waals surface area contributed by atoms with Crippen LogP contribution >= 0.6 is 0 Å². The zero-order valence-corrected chi connectivity index (χ0v) is 43.7. The molecule has 13 N–H and O–H groups in total. The molecule has 0 amide bonds. The lowest BCUT2D eigenvalue weighted by atomic mass is 9.35. The standard InChI is InChI=1S/C52H88O21/c1-23(2)10-9-14-52(8,73-47-43(39(62)36(59)28(19-53)69-47)72-45-41(64)35(58)27(56)21-67-45)24-11-16-51(7)33(24)25(54)18-31-49(5)15-13-32(48(3,4)30(49)12-17-50(31,51)6)71-46-42(65)38(61)37(60)29(70-46)22-68-44-40(63)34(57)26(55)20-66-44/h10,24-47,53-65H,9,11-22H2,1-8H3/t24-,25+,26+,27+,28+,29+,30+,31+,32+,33-,34-,35-,36+,37+,38-,39-,40+,41+,42+,43+,44+,45+,46-,47-,49+,50+,51+,52-/m0/s1. The van der Waals surface area contributed by atoms with Crippen molar-refractivity contribution >= 4 is 0 Å². The summed E-state index contributed by atoms with van der Waals surface area (Å²) in [6, 6.07) is 0. The fourth-order valence-electron chi connectivity index (χ4n) is 15.7. The van der Waals surface area contributed by atoms with E-state index in [1.165, 1.54) is 0 Å². The summed E-state index contributed by atoms with van der Waals surface area (Å²) in [4.78, 5) is 0. The van der Waals surface area contributed by atoms with Crippen LogP contribution in [-0.2, 0) is 37.9 Å². The number of rotatable bonds is 14. The van der Waals surface area contributed by atoms with Gasteiger partial charge in [0.15, 0.2) is 25.2 Å². The zero-order valence-electron chi connectivity index (χ0n) is 43.7. The van der Waals surface area contributed by atoms with Crippen molar-refractivity contribution in [1.82, 2.24) is 0 Å². The molecule has 0 spiro atoms. The summed E-state index contributed by atoms with van der Waals surface area (Å²) in [7, 11) is 0. The van der Waals surface area contributed by atoms with Crippen LogP contribution in [0.4, 0.5) is 0 Å². The van der Waals surface area contributed by atoms with Crippen LogP contribution in [0.2, 0.25) is 0 Å². The van der Waals surface area contributed by atoms with Crippen LogP contribution in [0.5, 0.6) is 0 Å². The van der Waals surface area contributed by atoms with Gasteiger partial charge in [0, 0.05) is 0 Å². The minimum absolute atomic E-state index is 0.0797. The smallest absolute Gasteiger partial charge is 0.187 e. The lowest BCUT2D eigenvalue weighted by Crippen LogP contribution is -2.67. The van der Waals surface area contributed by atoms with Gasteiger partial charge in [0.25, 0.3) is 0 Å². The van der Waals surface area contributed by atoms with E-state index in [4.69, 9.17) is 37.9 Å². The first-order chi connectivity index (χ1) is 34.1. The van der Waals surface area contributed by atoms with Crippen LogP contribution in [0, 0.1) is 45.3 Å². The van der Waals surface area contributed by atoms with Gasteiger partial charge in [-0.25, -0.2) is 0 Å². The van der Waals surface area contributed by atoms with E-state index >= 15 is 0 Å². The van der Waals surface area contributed by atoms with Crippen molar-refractivity contribution < 1.29 is 104 Å². The summed E-state index contributed by atoms with van der Waals surface area (Å²) in [5.74, 6) is -0.324. The number of hydrogen-bond donors (Lipinski definition) is 13. The Labute approximate surface area is 428 Å². The maximum atomic E-state index is 12.8. The lowest BCUT2D eigenvalue weighted by Gasteiger charge is -2.71. The van der Waals surface area contributed by atoms with Crippen molar-refractivity contribution in [1.29, 1.82) is 0 Å². The number of allylic oxidation sites excluding steroid dienone is 2. The second-order valence-electron chi connectivity index (χ2n) is 24.8. The van der Waals surface area contributed by atoms with Crippen molar-refractivity contribution in [3.05, 3.63) is 11.6 Å². The van der Waals surface area contributed by atoms with Gasteiger partial charge in [-0.3, -0.25) is 0 Å². The van der Waals surface area contributed by atoms with E-state index in [0.717, 1.165) is 31.3 Å². The van der Waals surface area contributed by atoms with E-state index in [1.807, 2.05) is 20.8 Å². The first kappa shape index (κ1) is 58.1. The number of ether oxygens (including phenoxy) is 8. The minimum Gasteiger partial charge on any atom is -0.394 e. The molecule has 4 heterocycles. The van der Waals surface area contributed by atoms with Crippen LogP contribution in [0.25, 0.3) is 0 Å². The van der Waals surface area contributed by atoms with E-state index in [1.54, 1.807) is 0 Å². The molecule has 28 atom stereocenters. The quantitative estimate of drug-likeness (QED) is 0.0739. The number of hydrogen-bond acceptors (Lipinski definition) is 21. The van der Waals surface area contributed by atoms with E-state index in [-0.39, 0.29) is 53.1 Å². The molecule has 0 aromatic rings. The molecule has 8 aliphatic rings. The first-order valence-corrected chi connectivity index (χ1v) is 26.7. The van der Waals surface area contributed by atoms with Crippen LogP contribution in [0.1, 0.15) is 113 Å². The molecule has 0 unspecified atom stereocenters. The molecular formula is C52H88O21. The number of aliphatic hydroxyl groups is 13. The van der Waals surface area contributed by atoms with Gasteiger partial charge < -0.3 is 104 Å². The Bertz CT molecular complexity index is 1890. The van der Waals surface area contributed by atoms with Crippen molar-refractivity contribution in [2.24, 2.45) is 45.3 Å². The average Bonchev–Trinajstić information content (AvgIpc) is 3.72. The highest BCUT2D eigenvalue weighted by atomic mass is 16.8. The minimum atomic E-state index is -1.71. The monoisotopic (exact) mass is 1050 g/mol. The maximum Gasteiger partial charge on any atom is 0.187 e. The summed E-state index contributed by atoms with van der Waals surface area (Å²) in [6.45, 7) is 15.6. The van der Waals surface area contributed by atoms with Crippen molar-refractivity contribution in [2.45, 2.75) is 242 Å². The van der Waals surface area contributed by atoms with E-state index in [2.05, 4.69) is 40.7 Å². The lowest BCUT2D eigenvalue weighted by molar-refractivity contribution is -0.374. The second kappa shape index (κ2) is 21.9. The van der Waals surface area contributed by atoms with Gasteiger partial charge in [-0.2, -0.15) is 0 Å². The van der Waals surface area contributed by atoms with Gasteiger partial charge in [0.05, 0.1) is 44.2 Å². The Morgan fingerprint density at radius 3 is 1.84 bits per heavy atom. The zero-order chi connectivity index (χ0) is 53.5. The molecule has 0 bridgehead atoms.